The van der Waals surface area contributed by atoms with E-state index in [9.17, 15) is 9.59 Å². The standard InChI is InChI=1S/C9H14N4O3/c10-7(12-16)4-13-2-1-5-6(3-13)9(15)11-8(5)14/h5-6,16H,1-4H2,(H2,10,12)(H,11,14,15). The van der Waals surface area contributed by atoms with Crippen LogP contribution in [0.4, 0.5) is 0 Å². The first-order chi connectivity index (χ1) is 7.61. The average molecular weight is 226 g/mol. The lowest BCUT2D eigenvalue weighted by Crippen LogP contribution is -2.45. The summed E-state index contributed by atoms with van der Waals surface area (Å²) in [4.78, 5) is 24.7. The van der Waals surface area contributed by atoms with Crippen molar-refractivity contribution in [1.29, 1.82) is 0 Å². The first-order valence-corrected chi connectivity index (χ1v) is 5.15. The number of nitrogens with two attached hydrogens (primary N) is 1. The van der Waals surface area contributed by atoms with Gasteiger partial charge in [0.2, 0.25) is 11.8 Å². The van der Waals surface area contributed by atoms with Gasteiger partial charge in [0, 0.05) is 6.54 Å². The van der Waals surface area contributed by atoms with E-state index in [1.54, 1.807) is 0 Å². The summed E-state index contributed by atoms with van der Waals surface area (Å²) >= 11 is 0. The normalized spacial score (nSPS) is 31.4. The highest BCUT2D eigenvalue weighted by Gasteiger charge is 2.44. The van der Waals surface area contributed by atoms with E-state index in [1.807, 2.05) is 4.90 Å². The van der Waals surface area contributed by atoms with Crippen molar-refractivity contribution in [3.63, 3.8) is 0 Å². The van der Waals surface area contributed by atoms with Gasteiger partial charge in [-0.25, -0.2) is 0 Å². The van der Waals surface area contributed by atoms with E-state index in [-0.39, 0.29) is 29.5 Å². The van der Waals surface area contributed by atoms with Crippen molar-refractivity contribution in [3.05, 3.63) is 0 Å². The summed E-state index contributed by atoms with van der Waals surface area (Å²) in [5, 5.41) is 13.7. The number of piperidine rings is 1. The monoisotopic (exact) mass is 226 g/mol. The van der Waals surface area contributed by atoms with Crippen LogP contribution in [0.25, 0.3) is 0 Å². The van der Waals surface area contributed by atoms with Gasteiger partial charge in [-0.15, -0.1) is 0 Å². The van der Waals surface area contributed by atoms with Gasteiger partial charge >= 0.3 is 0 Å². The summed E-state index contributed by atoms with van der Waals surface area (Å²) in [6.07, 6.45) is 0.640. The molecule has 2 amide bonds. The number of rotatable bonds is 2. The molecule has 0 aromatic heterocycles. The van der Waals surface area contributed by atoms with Gasteiger partial charge in [0.25, 0.3) is 0 Å². The second-order valence-electron chi connectivity index (χ2n) is 4.18. The van der Waals surface area contributed by atoms with Gasteiger partial charge in [0.15, 0.2) is 5.84 Å². The zero-order chi connectivity index (χ0) is 11.7. The van der Waals surface area contributed by atoms with Crippen molar-refractivity contribution < 1.29 is 14.8 Å². The van der Waals surface area contributed by atoms with Gasteiger partial charge in [-0.1, -0.05) is 5.16 Å². The summed E-state index contributed by atoms with van der Waals surface area (Å²) in [7, 11) is 0. The molecular formula is C9H14N4O3. The van der Waals surface area contributed by atoms with Crippen LogP contribution < -0.4 is 11.1 Å². The third kappa shape index (κ3) is 1.85. The maximum Gasteiger partial charge on any atom is 0.231 e. The molecule has 4 N–H and O–H groups in total. The van der Waals surface area contributed by atoms with Gasteiger partial charge in [-0.3, -0.25) is 19.8 Å². The highest BCUT2D eigenvalue weighted by Crippen LogP contribution is 2.28. The predicted octanol–water partition coefficient (Wildman–Crippen LogP) is -1.67. The Morgan fingerprint density at radius 1 is 1.50 bits per heavy atom. The molecule has 7 heteroatoms. The molecule has 0 aromatic rings. The Hall–Kier alpha value is -1.63. The fraction of sp³-hybridized carbons (Fsp3) is 0.667. The van der Waals surface area contributed by atoms with Crippen molar-refractivity contribution in [2.75, 3.05) is 19.6 Å². The number of hydrogen-bond donors (Lipinski definition) is 3. The Morgan fingerprint density at radius 3 is 2.88 bits per heavy atom. The van der Waals surface area contributed by atoms with E-state index in [1.165, 1.54) is 0 Å². The summed E-state index contributed by atoms with van der Waals surface area (Å²) in [5.41, 5.74) is 5.39. The van der Waals surface area contributed by atoms with Crippen LogP contribution in [0.15, 0.2) is 5.16 Å². The Labute approximate surface area is 92.3 Å². The molecule has 0 spiro atoms. The molecule has 2 fully saturated rings. The molecule has 2 heterocycles. The number of carbonyl (C=O) groups excluding carboxylic acids is 2. The number of nitrogens with one attached hydrogen (secondary N) is 1. The molecule has 16 heavy (non-hydrogen) atoms. The van der Waals surface area contributed by atoms with E-state index in [0.717, 1.165) is 0 Å². The lowest BCUT2D eigenvalue weighted by molar-refractivity contribution is -0.126. The number of oxime groups is 1. The van der Waals surface area contributed by atoms with E-state index >= 15 is 0 Å². The Bertz CT molecular complexity index is 355. The minimum absolute atomic E-state index is 0.114. The number of hydrogen-bond acceptors (Lipinski definition) is 5. The number of amidine groups is 1. The fourth-order valence-corrected chi connectivity index (χ4v) is 2.31. The number of imide groups is 1. The molecule has 0 bridgehead atoms. The molecule has 0 aliphatic carbocycles. The lowest BCUT2D eigenvalue weighted by atomic mass is 9.88. The number of carbonyl (C=O) groups is 2. The highest BCUT2D eigenvalue weighted by atomic mass is 16.4. The van der Waals surface area contributed by atoms with Crippen molar-refractivity contribution in [1.82, 2.24) is 10.2 Å². The quantitative estimate of drug-likeness (QED) is 0.171. The third-order valence-corrected chi connectivity index (χ3v) is 3.13. The van der Waals surface area contributed by atoms with E-state index in [0.29, 0.717) is 26.1 Å². The number of fused-ring (bicyclic) bond motifs is 1. The molecule has 2 atom stereocenters. The molecular weight excluding hydrogens is 212 g/mol. The Kier molecular flexibility index (Phi) is 2.78. The zero-order valence-corrected chi connectivity index (χ0v) is 8.72. The molecule has 2 unspecified atom stereocenters. The highest BCUT2D eigenvalue weighted by molar-refractivity contribution is 6.05. The molecule has 0 aromatic carbocycles. The molecule has 0 saturated carbocycles. The molecule has 88 valence electrons. The largest absolute Gasteiger partial charge is 0.409 e. The maximum absolute atomic E-state index is 11.5. The van der Waals surface area contributed by atoms with Crippen LogP contribution in [-0.2, 0) is 9.59 Å². The second kappa shape index (κ2) is 4.09. The lowest BCUT2D eigenvalue weighted by Gasteiger charge is -2.31. The fourth-order valence-electron chi connectivity index (χ4n) is 2.31. The summed E-state index contributed by atoms with van der Waals surface area (Å²) in [6.45, 7) is 1.48. The summed E-state index contributed by atoms with van der Waals surface area (Å²) < 4.78 is 0. The second-order valence-corrected chi connectivity index (χ2v) is 4.18. The third-order valence-electron chi connectivity index (χ3n) is 3.13. The first kappa shape index (κ1) is 10.9. The first-order valence-electron chi connectivity index (χ1n) is 5.15. The van der Waals surface area contributed by atoms with E-state index in [2.05, 4.69) is 10.5 Å². The number of nitrogens with zero attached hydrogens (tertiary/aromatic N) is 2. The van der Waals surface area contributed by atoms with Gasteiger partial charge < -0.3 is 10.9 Å². The number of likely N-dealkylation sites (tertiary alicyclic amines) is 1. The molecule has 2 aliphatic heterocycles. The van der Waals surface area contributed by atoms with Crippen LogP contribution in [0, 0.1) is 11.8 Å². The van der Waals surface area contributed by atoms with E-state index in [4.69, 9.17) is 10.9 Å². The molecule has 0 radical (unpaired) electrons. The van der Waals surface area contributed by atoms with Crippen molar-refractivity contribution in [2.24, 2.45) is 22.7 Å². The van der Waals surface area contributed by atoms with Gasteiger partial charge in [-0.05, 0) is 13.0 Å². The number of amides is 2. The van der Waals surface area contributed by atoms with Crippen LogP contribution in [-0.4, -0.2) is 47.4 Å². The Morgan fingerprint density at radius 2 is 2.19 bits per heavy atom. The molecule has 7 nitrogen and oxygen atoms in total. The van der Waals surface area contributed by atoms with Gasteiger partial charge in [-0.2, -0.15) is 0 Å². The van der Waals surface area contributed by atoms with Crippen molar-refractivity contribution in [3.8, 4) is 0 Å². The zero-order valence-electron chi connectivity index (χ0n) is 8.72. The molecule has 2 aliphatic rings. The summed E-state index contributed by atoms with van der Waals surface area (Å²) in [6, 6.07) is 0. The molecule has 2 saturated heterocycles. The van der Waals surface area contributed by atoms with Crippen LogP contribution in [0.1, 0.15) is 6.42 Å². The predicted molar refractivity (Wildman–Crippen MR) is 54.6 cm³/mol. The smallest absolute Gasteiger partial charge is 0.231 e. The van der Waals surface area contributed by atoms with Crippen LogP contribution >= 0.6 is 0 Å². The minimum Gasteiger partial charge on any atom is -0.409 e. The van der Waals surface area contributed by atoms with Crippen LogP contribution in [0.3, 0.4) is 0 Å². The summed E-state index contributed by atoms with van der Waals surface area (Å²) in [5.74, 6) is -0.746. The van der Waals surface area contributed by atoms with Crippen LogP contribution in [0.2, 0.25) is 0 Å². The van der Waals surface area contributed by atoms with Crippen LogP contribution in [0.5, 0.6) is 0 Å². The molecule has 2 rings (SSSR count). The maximum atomic E-state index is 11.5. The van der Waals surface area contributed by atoms with E-state index < -0.39 is 0 Å². The average Bonchev–Trinajstić information content (AvgIpc) is 2.54. The van der Waals surface area contributed by atoms with Crippen molar-refractivity contribution in [2.45, 2.75) is 6.42 Å². The van der Waals surface area contributed by atoms with Gasteiger partial charge in [0.05, 0.1) is 18.4 Å². The Balaban J connectivity index is 2.00. The van der Waals surface area contributed by atoms with Gasteiger partial charge in [0.1, 0.15) is 0 Å². The minimum atomic E-state index is -0.284. The SMILES string of the molecule is N/C(CN1CCC2C(=O)NC(=O)C2C1)=N\O. The topological polar surface area (TPSA) is 108 Å². The van der Waals surface area contributed by atoms with Crippen molar-refractivity contribution >= 4 is 17.6 Å².